The van der Waals surface area contributed by atoms with E-state index in [0.717, 1.165) is 13.1 Å². The van der Waals surface area contributed by atoms with Gasteiger partial charge in [0.15, 0.2) is 0 Å². The maximum atomic E-state index is 12.7. The zero-order valence-corrected chi connectivity index (χ0v) is 14.4. The second-order valence-corrected chi connectivity index (χ2v) is 6.01. The molecule has 2 aliphatic heterocycles. The van der Waals surface area contributed by atoms with Crippen LogP contribution in [0.1, 0.15) is 17.3 Å². The number of benzene rings is 1. The van der Waals surface area contributed by atoms with Crippen LogP contribution >= 0.6 is 24.0 Å². The van der Waals surface area contributed by atoms with Crippen molar-refractivity contribution in [2.24, 2.45) is 0 Å². The van der Waals surface area contributed by atoms with Gasteiger partial charge in [0.1, 0.15) is 0 Å². The highest BCUT2D eigenvalue weighted by Crippen LogP contribution is 2.29. The van der Waals surface area contributed by atoms with Crippen molar-refractivity contribution in [2.45, 2.75) is 13.0 Å². The van der Waals surface area contributed by atoms with Crippen LogP contribution in [0.4, 0.5) is 10.5 Å². The molecule has 2 aliphatic rings. The van der Waals surface area contributed by atoms with E-state index >= 15 is 0 Å². The minimum Gasteiger partial charge on any atom is -0.336 e. The van der Waals surface area contributed by atoms with Crippen molar-refractivity contribution in [1.29, 1.82) is 0 Å². The van der Waals surface area contributed by atoms with Crippen LogP contribution in [-0.4, -0.2) is 55.6 Å². The van der Waals surface area contributed by atoms with Crippen LogP contribution in [-0.2, 0) is 0 Å². The third-order valence-electron chi connectivity index (χ3n) is 4.10. The molecule has 23 heavy (non-hydrogen) atoms. The molecule has 1 aromatic rings. The third kappa shape index (κ3) is 3.54. The Labute approximate surface area is 146 Å². The van der Waals surface area contributed by atoms with E-state index < -0.39 is 0 Å². The van der Waals surface area contributed by atoms with Crippen LogP contribution in [0.3, 0.4) is 0 Å². The van der Waals surface area contributed by atoms with Crippen molar-refractivity contribution in [1.82, 2.24) is 15.5 Å². The van der Waals surface area contributed by atoms with E-state index in [-0.39, 0.29) is 30.4 Å². The summed E-state index contributed by atoms with van der Waals surface area (Å²) in [7, 11) is 0. The number of piperazine rings is 1. The molecule has 3 rings (SSSR count). The largest absolute Gasteiger partial charge is 0.336 e. The zero-order chi connectivity index (χ0) is 15.7. The highest BCUT2D eigenvalue weighted by atomic mass is 35.5. The Kier molecular flexibility index (Phi) is 5.73. The Bertz CT molecular complexity index is 611. The number of amides is 3. The molecule has 2 fully saturated rings. The normalized spacial score (nSPS) is 21.0. The Morgan fingerprint density at radius 2 is 2.09 bits per heavy atom. The second kappa shape index (κ2) is 7.38. The maximum Gasteiger partial charge on any atom is 0.322 e. The molecule has 8 heteroatoms. The standard InChI is InChI=1S/C15H19ClN4O2.ClH/c1-10-9-17-4-6-19(10)14(21)11-2-3-12(16)13(8-11)20-7-5-18-15(20)22;/h2-3,8,10,17H,4-7,9H2,1H3,(H,18,22);1H/t10-;/m0./s1. The number of halogens is 2. The van der Waals surface area contributed by atoms with Gasteiger partial charge >= 0.3 is 6.03 Å². The molecule has 0 unspecified atom stereocenters. The van der Waals surface area contributed by atoms with Gasteiger partial charge in [-0.2, -0.15) is 0 Å². The van der Waals surface area contributed by atoms with Gasteiger partial charge in [-0.25, -0.2) is 4.79 Å². The molecule has 2 heterocycles. The summed E-state index contributed by atoms with van der Waals surface area (Å²) in [6, 6.07) is 5.08. The molecular weight excluding hydrogens is 339 g/mol. The number of anilines is 1. The number of nitrogens with one attached hydrogen (secondary N) is 2. The molecule has 0 aromatic heterocycles. The molecular formula is C15H20Cl2N4O2. The van der Waals surface area contributed by atoms with E-state index in [1.807, 2.05) is 11.8 Å². The topological polar surface area (TPSA) is 64.7 Å². The molecule has 6 nitrogen and oxygen atoms in total. The number of rotatable bonds is 2. The second-order valence-electron chi connectivity index (χ2n) is 5.60. The smallest absolute Gasteiger partial charge is 0.322 e. The van der Waals surface area contributed by atoms with Gasteiger partial charge in [-0.05, 0) is 25.1 Å². The Balaban J connectivity index is 0.00000192. The van der Waals surface area contributed by atoms with Gasteiger partial charge in [-0.3, -0.25) is 9.69 Å². The fourth-order valence-corrected chi connectivity index (χ4v) is 3.08. The summed E-state index contributed by atoms with van der Waals surface area (Å²) < 4.78 is 0. The van der Waals surface area contributed by atoms with Crippen LogP contribution in [0.2, 0.25) is 5.02 Å². The summed E-state index contributed by atoms with van der Waals surface area (Å²) in [5, 5.41) is 6.48. The van der Waals surface area contributed by atoms with Gasteiger partial charge in [0.2, 0.25) is 0 Å². The number of hydrogen-bond donors (Lipinski definition) is 2. The summed E-state index contributed by atoms with van der Waals surface area (Å²) in [5.41, 5.74) is 1.15. The molecule has 126 valence electrons. The summed E-state index contributed by atoms with van der Waals surface area (Å²) in [4.78, 5) is 27.9. The molecule has 0 bridgehead atoms. The van der Waals surface area contributed by atoms with Gasteiger partial charge < -0.3 is 15.5 Å². The van der Waals surface area contributed by atoms with Crippen molar-refractivity contribution < 1.29 is 9.59 Å². The van der Waals surface area contributed by atoms with E-state index in [4.69, 9.17) is 11.6 Å². The van der Waals surface area contributed by atoms with Gasteiger partial charge in [-0.15, -0.1) is 12.4 Å². The lowest BCUT2D eigenvalue weighted by atomic mass is 10.1. The van der Waals surface area contributed by atoms with Crippen LogP contribution in [0.25, 0.3) is 0 Å². The lowest BCUT2D eigenvalue weighted by Gasteiger charge is -2.34. The summed E-state index contributed by atoms with van der Waals surface area (Å²) in [5.74, 6) is -0.0217. The van der Waals surface area contributed by atoms with Gasteiger partial charge in [0, 0.05) is 44.3 Å². The quantitative estimate of drug-likeness (QED) is 0.845. The first kappa shape index (κ1) is 17.8. The minimum absolute atomic E-state index is 0. The van der Waals surface area contributed by atoms with Crippen LogP contribution in [0.15, 0.2) is 18.2 Å². The Morgan fingerprint density at radius 1 is 1.30 bits per heavy atom. The predicted octanol–water partition coefficient (Wildman–Crippen LogP) is 1.73. The first-order chi connectivity index (χ1) is 10.6. The van der Waals surface area contributed by atoms with Crippen molar-refractivity contribution in [3.05, 3.63) is 28.8 Å². The van der Waals surface area contributed by atoms with E-state index in [9.17, 15) is 9.59 Å². The summed E-state index contributed by atoms with van der Waals surface area (Å²) in [6.07, 6.45) is 0. The van der Waals surface area contributed by atoms with Crippen molar-refractivity contribution >= 4 is 41.6 Å². The number of carbonyl (C=O) groups is 2. The Morgan fingerprint density at radius 3 is 2.74 bits per heavy atom. The Hall–Kier alpha value is -1.50. The summed E-state index contributed by atoms with van der Waals surface area (Å²) in [6.45, 7) is 5.44. The van der Waals surface area contributed by atoms with E-state index in [2.05, 4.69) is 10.6 Å². The highest BCUT2D eigenvalue weighted by molar-refractivity contribution is 6.34. The zero-order valence-electron chi connectivity index (χ0n) is 12.8. The lowest BCUT2D eigenvalue weighted by Crippen LogP contribution is -2.52. The first-order valence-electron chi connectivity index (χ1n) is 7.44. The minimum atomic E-state index is -0.179. The molecule has 2 saturated heterocycles. The third-order valence-corrected chi connectivity index (χ3v) is 4.42. The van der Waals surface area contributed by atoms with Gasteiger partial charge in [0.25, 0.3) is 5.91 Å². The van der Waals surface area contributed by atoms with E-state index in [1.165, 1.54) is 0 Å². The highest BCUT2D eigenvalue weighted by Gasteiger charge is 2.27. The maximum absolute atomic E-state index is 12.7. The number of hydrogen-bond acceptors (Lipinski definition) is 3. The van der Waals surface area contributed by atoms with Gasteiger partial charge in [-0.1, -0.05) is 11.6 Å². The SMILES string of the molecule is C[C@H]1CNCCN1C(=O)c1ccc(Cl)c(N2CCNC2=O)c1.Cl. The molecule has 3 amide bonds. The number of urea groups is 1. The lowest BCUT2D eigenvalue weighted by molar-refractivity contribution is 0.0656. The number of nitrogens with zero attached hydrogens (tertiary/aromatic N) is 2. The summed E-state index contributed by atoms with van der Waals surface area (Å²) >= 11 is 6.20. The van der Waals surface area contributed by atoms with Crippen LogP contribution < -0.4 is 15.5 Å². The van der Waals surface area contributed by atoms with Crippen molar-refractivity contribution in [3.63, 3.8) is 0 Å². The van der Waals surface area contributed by atoms with Crippen molar-refractivity contribution in [2.75, 3.05) is 37.6 Å². The molecule has 0 saturated carbocycles. The predicted molar refractivity (Wildman–Crippen MR) is 92.8 cm³/mol. The average Bonchev–Trinajstić information content (AvgIpc) is 2.93. The first-order valence-corrected chi connectivity index (χ1v) is 7.82. The average molecular weight is 359 g/mol. The van der Waals surface area contributed by atoms with E-state index in [0.29, 0.717) is 35.9 Å². The monoisotopic (exact) mass is 358 g/mol. The fourth-order valence-electron chi connectivity index (χ4n) is 2.86. The molecule has 0 radical (unpaired) electrons. The van der Waals surface area contributed by atoms with Gasteiger partial charge in [0.05, 0.1) is 10.7 Å². The molecule has 1 atom stereocenters. The van der Waals surface area contributed by atoms with Crippen LogP contribution in [0, 0.1) is 0 Å². The van der Waals surface area contributed by atoms with E-state index in [1.54, 1.807) is 23.1 Å². The van der Waals surface area contributed by atoms with Crippen molar-refractivity contribution in [3.8, 4) is 0 Å². The molecule has 1 aromatic carbocycles. The number of carbonyl (C=O) groups excluding carboxylic acids is 2. The fraction of sp³-hybridized carbons (Fsp3) is 0.467. The molecule has 0 spiro atoms. The molecule has 2 N–H and O–H groups in total. The van der Waals surface area contributed by atoms with Crippen LogP contribution in [0.5, 0.6) is 0 Å². The molecule has 0 aliphatic carbocycles.